The Morgan fingerprint density at radius 1 is 1.25 bits per heavy atom. The highest BCUT2D eigenvalue weighted by Crippen LogP contribution is 2.33. The van der Waals surface area contributed by atoms with Gasteiger partial charge in [-0.25, -0.2) is 4.98 Å². The predicted octanol–water partition coefficient (Wildman–Crippen LogP) is 5.32. The molecule has 2 heterocycles. The van der Waals surface area contributed by atoms with Gasteiger partial charge in [-0.15, -0.1) is 11.3 Å². The summed E-state index contributed by atoms with van der Waals surface area (Å²) in [5.41, 5.74) is 5.60. The average Bonchev–Trinajstić information content (AvgIpc) is 3.21. The summed E-state index contributed by atoms with van der Waals surface area (Å²) >= 11 is 3.25. The normalized spacial score (nSPS) is 13.5. The highest BCUT2D eigenvalue weighted by Gasteiger charge is 2.26. The van der Waals surface area contributed by atoms with Gasteiger partial charge in [-0.3, -0.25) is 9.59 Å². The fourth-order valence-corrected chi connectivity index (χ4v) is 5.42. The van der Waals surface area contributed by atoms with Crippen LogP contribution in [0, 0.1) is 20.8 Å². The highest BCUT2D eigenvalue weighted by atomic mass is 32.2. The maximum Gasteiger partial charge on any atom is 0.272 e. The van der Waals surface area contributed by atoms with Crippen LogP contribution in [-0.2, 0) is 6.42 Å². The van der Waals surface area contributed by atoms with E-state index in [0.717, 1.165) is 50.3 Å². The number of aromatic amines is 1. The summed E-state index contributed by atoms with van der Waals surface area (Å²) in [4.78, 5) is 33.7. The number of hydrogen-bond acceptors (Lipinski definition) is 5. The average molecular weight is 412 g/mol. The smallest absolute Gasteiger partial charge is 0.272 e. The van der Waals surface area contributed by atoms with Crippen molar-refractivity contribution in [1.82, 2.24) is 9.97 Å². The molecular formula is C21H21N3O2S2. The van der Waals surface area contributed by atoms with Crippen molar-refractivity contribution in [3.05, 3.63) is 57.4 Å². The van der Waals surface area contributed by atoms with Gasteiger partial charge < -0.3 is 10.3 Å². The fourth-order valence-electron chi connectivity index (χ4n) is 3.51. The number of aryl methyl sites for hydroxylation is 3. The van der Waals surface area contributed by atoms with Crippen LogP contribution in [0.1, 0.15) is 56.2 Å². The van der Waals surface area contributed by atoms with Crippen LogP contribution in [0.4, 0.5) is 5.69 Å². The molecule has 3 aromatic rings. The molecule has 0 spiro atoms. The summed E-state index contributed by atoms with van der Waals surface area (Å²) in [6.07, 6.45) is 2.21. The van der Waals surface area contributed by atoms with E-state index in [-0.39, 0.29) is 11.7 Å². The van der Waals surface area contributed by atoms with Crippen LogP contribution in [0.3, 0.4) is 0 Å². The minimum absolute atomic E-state index is 0.129. The number of nitrogens with one attached hydrogen (secondary N) is 2. The van der Waals surface area contributed by atoms with E-state index in [0.29, 0.717) is 17.7 Å². The Bertz CT molecular complexity index is 1080. The second-order valence-corrected chi connectivity index (χ2v) is 9.22. The van der Waals surface area contributed by atoms with Crippen molar-refractivity contribution < 1.29 is 9.59 Å². The molecule has 28 heavy (non-hydrogen) atoms. The van der Waals surface area contributed by atoms with E-state index in [1.807, 2.05) is 44.4 Å². The predicted molar refractivity (Wildman–Crippen MR) is 113 cm³/mol. The molecule has 1 aromatic carbocycles. The van der Waals surface area contributed by atoms with Crippen molar-refractivity contribution in [3.8, 4) is 0 Å². The highest BCUT2D eigenvalue weighted by molar-refractivity contribution is 8.01. The Kier molecular flexibility index (Phi) is 5.12. The third-order valence-electron chi connectivity index (χ3n) is 4.91. The molecule has 0 bridgehead atoms. The van der Waals surface area contributed by atoms with Gasteiger partial charge in [0.25, 0.3) is 5.91 Å². The standard InChI is InChI=1S/C21H21N3O2S2/c1-11-9-14(28-21-22-12(2)10-27-21)7-8-15(11)24-20(26)19-13(3)18-16(23-19)5-4-6-17(18)25/h7-10,23H,4-6H2,1-3H3,(H,24,26). The Morgan fingerprint density at radius 3 is 2.75 bits per heavy atom. The summed E-state index contributed by atoms with van der Waals surface area (Å²) in [5, 5.41) is 5.02. The molecule has 1 amide bonds. The second-order valence-electron chi connectivity index (χ2n) is 7.04. The van der Waals surface area contributed by atoms with Crippen LogP contribution >= 0.6 is 23.1 Å². The van der Waals surface area contributed by atoms with E-state index in [9.17, 15) is 9.59 Å². The number of carbonyl (C=O) groups excluding carboxylic acids is 2. The third kappa shape index (κ3) is 3.64. The van der Waals surface area contributed by atoms with E-state index in [2.05, 4.69) is 15.3 Å². The van der Waals surface area contributed by atoms with Crippen LogP contribution in [0.5, 0.6) is 0 Å². The van der Waals surface area contributed by atoms with Gasteiger partial charge in [-0.05, 0) is 62.9 Å². The molecule has 0 atom stereocenters. The van der Waals surface area contributed by atoms with Crippen molar-refractivity contribution in [1.29, 1.82) is 0 Å². The first-order valence-electron chi connectivity index (χ1n) is 9.19. The number of rotatable bonds is 4. The summed E-state index contributed by atoms with van der Waals surface area (Å²) in [7, 11) is 0. The zero-order valence-electron chi connectivity index (χ0n) is 16.0. The number of hydrogen-bond donors (Lipinski definition) is 2. The van der Waals surface area contributed by atoms with E-state index in [1.165, 1.54) is 0 Å². The molecule has 144 valence electrons. The quantitative estimate of drug-likeness (QED) is 0.609. The van der Waals surface area contributed by atoms with Crippen molar-refractivity contribution in [2.75, 3.05) is 5.32 Å². The van der Waals surface area contributed by atoms with Gasteiger partial charge in [0.05, 0.1) is 0 Å². The maximum absolute atomic E-state index is 12.8. The minimum Gasteiger partial charge on any atom is -0.354 e. The summed E-state index contributed by atoms with van der Waals surface area (Å²) < 4.78 is 1.01. The number of ketones is 1. The number of aromatic nitrogens is 2. The molecule has 7 heteroatoms. The van der Waals surface area contributed by atoms with Gasteiger partial charge >= 0.3 is 0 Å². The van der Waals surface area contributed by atoms with E-state index in [4.69, 9.17) is 0 Å². The molecule has 1 aliphatic carbocycles. The second kappa shape index (κ2) is 7.56. The molecule has 0 fully saturated rings. The van der Waals surface area contributed by atoms with Crippen LogP contribution in [0.25, 0.3) is 0 Å². The molecule has 1 aliphatic rings. The lowest BCUT2D eigenvalue weighted by Gasteiger charge is -2.10. The number of benzene rings is 1. The Balaban J connectivity index is 1.53. The van der Waals surface area contributed by atoms with E-state index >= 15 is 0 Å². The van der Waals surface area contributed by atoms with Crippen LogP contribution in [-0.4, -0.2) is 21.7 Å². The van der Waals surface area contributed by atoms with Crippen molar-refractivity contribution in [2.45, 2.75) is 49.3 Å². The molecule has 5 nitrogen and oxygen atoms in total. The largest absolute Gasteiger partial charge is 0.354 e. The zero-order valence-corrected chi connectivity index (χ0v) is 17.6. The zero-order chi connectivity index (χ0) is 19.8. The van der Waals surface area contributed by atoms with Gasteiger partial charge in [0.2, 0.25) is 0 Å². The van der Waals surface area contributed by atoms with E-state index < -0.39 is 0 Å². The number of Topliss-reactive ketones (excluding diaryl/α,β-unsaturated/α-hetero) is 1. The molecule has 4 rings (SSSR count). The minimum atomic E-state index is -0.209. The number of H-pyrrole nitrogens is 1. The first kappa shape index (κ1) is 19.0. The molecule has 0 saturated heterocycles. The number of anilines is 1. The Labute approximate surface area is 172 Å². The van der Waals surface area contributed by atoms with Gasteiger partial charge in [0, 0.05) is 39.3 Å². The monoisotopic (exact) mass is 411 g/mol. The van der Waals surface area contributed by atoms with E-state index in [1.54, 1.807) is 23.1 Å². The Morgan fingerprint density at radius 2 is 2.07 bits per heavy atom. The third-order valence-corrected chi connectivity index (χ3v) is 6.96. The lowest BCUT2D eigenvalue weighted by molar-refractivity contribution is 0.0971. The van der Waals surface area contributed by atoms with Crippen LogP contribution < -0.4 is 5.32 Å². The van der Waals surface area contributed by atoms with Gasteiger partial charge in [0.1, 0.15) is 5.69 Å². The molecule has 0 radical (unpaired) electrons. The Hall–Kier alpha value is -2.38. The number of fused-ring (bicyclic) bond motifs is 1. The number of carbonyl (C=O) groups is 2. The molecule has 0 aliphatic heterocycles. The molecule has 2 N–H and O–H groups in total. The number of nitrogens with zero attached hydrogens (tertiary/aromatic N) is 1. The number of amides is 1. The van der Waals surface area contributed by atoms with Gasteiger partial charge in [-0.1, -0.05) is 11.8 Å². The van der Waals surface area contributed by atoms with Crippen LogP contribution in [0.2, 0.25) is 0 Å². The first-order valence-corrected chi connectivity index (χ1v) is 10.9. The van der Waals surface area contributed by atoms with Gasteiger partial charge in [0.15, 0.2) is 10.1 Å². The lowest BCUT2D eigenvalue weighted by atomic mass is 9.94. The summed E-state index contributed by atoms with van der Waals surface area (Å²) in [6.45, 7) is 5.80. The molecular weight excluding hydrogens is 390 g/mol. The summed E-state index contributed by atoms with van der Waals surface area (Å²) in [6, 6.07) is 5.95. The maximum atomic E-state index is 12.8. The topological polar surface area (TPSA) is 74.8 Å². The molecule has 0 saturated carbocycles. The fraction of sp³-hybridized carbons (Fsp3) is 0.286. The molecule has 0 unspecified atom stereocenters. The molecule has 2 aromatic heterocycles. The SMILES string of the molecule is Cc1csc(Sc2ccc(NC(=O)c3[nH]c4c(c3C)C(=O)CCC4)c(C)c2)n1. The number of thiazole rings is 1. The van der Waals surface area contributed by atoms with Gasteiger partial charge in [-0.2, -0.15) is 0 Å². The van der Waals surface area contributed by atoms with Crippen molar-refractivity contribution in [3.63, 3.8) is 0 Å². The van der Waals surface area contributed by atoms with Crippen LogP contribution in [0.15, 0.2) is 32.8 Å². The summed E-state index contributed by atoms with van der Waals surface area (Å²) in [5.74, 6) is -0.0808. The van der Waals surface area contributed by atoms with Crippen molar-refractivity contribution >= 4 is 40.5 Å². The lowest BCUT2D eigenvalue weighted by Crippen LogP contribution is -2.14. The first-order chi connectivity index (χ1) is 13.4. The van der Waals surface area contributed by atoms with Crippen molar-refractivity contribution in [2.24, 2.45) is 0 Å².